The van der Waals surface area contributed by atoms with Crippen molar-refractivity contribution in [3.8, 4) is 0 Å². The van der Waals surface area contributed by atoms with Crippen LogP contribution in [0.3, 0.4) is 0 Å². The quantitative estimate of drug-likeness (QED) is 0.0195. The lowest BCUT2D eigenvalue weighted by atomic mass is 10.1. The van der Waals surface area contributed by atoms with Gasteiger partial charge in [-0.1, -0.05) is 192 Å². The molecule has 9 heteroatoms. The van der Waals surface area contributed by atoms with E-state index in [9.17, 15) is 19.5 Å². The van der Waals surface area contributed by atoms with Crippen molar-refractivity contribution >= 4 is 17.9 Å². The standard InChI is InChI=1S/C62H99NO8/c1-6-8-10-12-14-16-18-19-20-21-22-23-24-25-26-27-28-29-30-31-32-33-34-35-36-37-38-39-40-41-43-45-47-49-51-53-60(65)71-58(57-70-62(61(66)67)68-55-54-63(3,4)5)56-69-59(64)52-50-48-46-44-42-17-15-13-11-9-7-2/h8,10,13-16,19-20,22-23,25-26,28-29,31-32,34-35,37-38,40-41,58,62H,6-7,9,11-12,17-18,21,24,27,30,33,36,39,42-57H2,1-5H3/b10-8-,15-13-,16-14-,20-19-,23-22-,26-25-,29-28-,32-31-,35-34-,38-37-,41-40-. The van der Waals surface area contributed by atoms with Crippen molar-refractivity contribution in [1.29, 1.82) is 0 Å². The van der Waals surface area contributed by atoms with E-state index in [1.807, 2.05) is 21.1 Å². The van der Waals surface area contributed by atoms with Gasteiger partial charge in [-0.25, -0.2) is 0 Å². The first-order chi connectivity index (χ1) is 34.6. The normalized spacial score (nSPS) is 13.9. The highest BCUT2D eigenvalue weighted by Crippen LogP contribution is 2.12. The summed E-state index contributed by atoms with van der Waals surface area (Å²) in [5, 5.41) is 11.7. The Morgan fingerprint density at radius 3 is 1.21 bits per heavy atom. The van der Waals surface area contributed by atoms with E-state index >= 15 is 0 Å². The minimum Gasteiger partial charge on any atom is -0.545 e. The van der Waals surface area contributed by atoms with E-state index in [0.29, 0.717) is 17.4 Å². The van der Waals surface area contributed by atoms with Crippen LogP contribution in [-0.2, 0) is 33.3 Å². The molecule has 400 valence electrons. The van der Waals surface area contributed by atoms with E-state index in [-0.39, 0.29) is 38.6 Å². The third-order valence-corrected chi connectivity index (χ3v) is 10.9. The van der Waals surface area contributed by atoms with Crippen LogP contribution in [0.4, 0.5) is 0 Å². The topological polar surface area (TPSA) is 111 Å². The van der Waals surface area contributed by atoms with E-state index in [0.717, 1.165) is 135 Å². The van der Waals surface area contributed by atoms with Crippen molar-refractivity contribution in [2.75, 3.05) is 47.5 Å². The fourth-order valence-corrected chi connectivity index (χ4v) is 6.66. The first-order valence-electron chi connectivity index (χ1n) is 27.3. The Morgan fingerprint density at radius 2 is 0.803 bits per heavy atom. The maximum atomic E-state index is 12.8. The van der Waals surface area contributed by atoms with Gasteiger partial charge in [0, 0.05) is 12.8 Å². The zero-order valence-electron chi connectivity index (χ0n) is 45.3. The second-order valence-corrected chi connectivity index (χ2v) is 18.8. The number of carboxylic acid groups (broad SMARTS) is 1. The summed E-state index contributed by atoms with van der Waals surface area (Å²) in [7, 11) is 5.89. The number of aliphatic carboxylic acids is 1. The van der Waals surface area contributed by atoms with Crippen molar-refractivity contribution in [2.45, 2.75) is 193 Å². The second kappa shape index (κ2) is 51.8. The Balaban J connectivity index is 4.29. The summed E-state index contributed by atoms with van der Waals surface area (Å²) in [5.41, 5.74) is 0. The molecule has 0 aromatic carbocycles. The van der Waals surface area contributed by atoms with Crippen LogP contribution in [0.1, 0.15) is 181 Å². The first kappa shape index (κ1) is 66.4. The zero-order valence-corrected chi connectivity index (χ0v) is 45.3. The minimum atomic E-state index is -1.64. The van der Waals surface area contributed by atoms with Crippen LogP contribution in [0.15, 0.2) is 134 Å². The zero-order chi connectivity index (χ0) is 52.0. The molecule has 0 amide bonds. The fourth-order valence-electron chi connectivity index (χ4n) is 6.66. The summed E-state index contributed by atoms with van der Waals surface area (Å²) in [4.78, 5) is 37.1. The number of allylic oxidation sites excluding steroid dienone is 22. The molecule has 0 aliphatic rings. The van der Waals surface area contributed by atoms with Crippen LogP contribution in [0.25, 0.3) is 0 Å². The third-order valence-electron chi connectivity index (χ3n) is 10.9. The van der Waals surface area contributed by atoms with Gasteiger partial charge in [-0.15, -0.1) is 0 Å². The highest BCUT2D eigenvalue weighted by Gasteiger charge is 2.21. The highest BCUT2D eigenvalue weighted by molar-refractivity contribution is 5.70. The number of ether oxygens (including phenoxy) is 4. The lowest BCUT2D eigenvalue weighted by Gasteiger charge is -2.26. The Bertz CT molecular complexity index is 1620. The summed E-state index contributed by atoms with van der Waals surface area (Å²) >= 11 is 0. The average Bonchev–Trinajstić information content (AvgIpc) is 3.34. The van der Waals surface area contributed by atoms with E-state index in [2.05, 4.69) is 148 Å². The van der Waals surface area contributed by atoms with Gasteiger partial charge < -0.3 is 33.3 Å². The molecule has 0 saturated heterocycles. The van der Waals surface area contributed by atoms with Crippen molar-refractivity contribution in [2.24, 2.45) is 0 Å². The van der Waals surface area contributed by atoms with Crippen LogP contribution in [0.2, 0.25) is 0 Å². The highest BCUT2D eigenvalue weighted by atomic mass is 16.7. The van der Waals surface area contributed by atoms with Gasteiger partial charge in [0.2, 0.25) is 0 Å². The van der Waals surface area contributed by atoms with Crippen LogP contribution < -0.4 is 5.11 Å². The van der Waals surface area contributed by atoms with Gasteiger partial charge in [0.1, 0.15) is 13.2 Å². The molecule has 2 unspecified atom stereocenters. The van der Waals surface area contributed by atoms with Gasteiger partial charge in [0.05, 0.1) is 40.3 Å². The van der Waals surface area contributed by atoms with E-state index in [1.165, 1.54) is 12.8 Å². The summed E-state index contributed by atoms with van der Waals surface area (Å²) in [6, 6.07) is 0. The van der Waals surface area contributed by atoms with E-state index < -0.39 is 24.3 Å². The maximum Gasteiger partial charge on any atom is 0.306 e. The number of unbranched alkanes of at least 4 members (excludes halogenated alkanes) is 11. The van der Waals surface area contributed by atoms with Gasteiger partial charge in [-0.2, -0.15) is 0 Å². The number of hydrogen-bond donors (Lipinski definition) is 0. The minimum absolute atomic E-state index is 0.134. The smallest absolute Gasteiger partial charge is 0.306 e. The van der Waals surface area contributed by atoms with Crippen molar-refractivity contribution in [3.05, 3.63) is 134 Å². The van der Waals surface area contributed by atoms with E-state index in [1.54, 1.807) is 0 Å². The van der Waals surface area contributed by atoms with Crippen molar-refractivity contribution < 1.29 is 42.9 Å². The molecule has 0 spiro atoms. The number of likely N-dealkylation sites (N-methyl/N-ethyl adjacent to an activating group) is 1. The summed E-state index contributed by atoms with van der Waals surface area (Å²) in [5.74, 6) is -2.35. The van der Waals surface area contributed by atoms with Crippen molar-refractivity contribution in [1.82, 2.24) is 0 Å². The molecule has 2 atom stereocenters. The Hall–Kier alpha value is -4.57. The van der Waals surface area contributed by atoms with Gasteiger partial charge in [-0.3, -0.25) is 9.59 Å². The van der Waals surface area contributed by atoms with Crippen molar-refractivity contribution in [3.63, 3.8) is 0 Å². The lowest BCUT2D eigenvalue weighted by molar-refractivity contribution is -0.870. The number of carboxylic acids is 1. The number of hydrogen-bond acceptors (Lipinski definition) is 8. The van der Waals surface area contributed by atoms with Gasteiger partial charge in [-0.05, 0) is 109 Å². The molecule has 0 aromatic rings. The first-order valence-corrected chi connectivity index (χ1v) is 27.3. The molecular weight excluding hydrogens is 887 g/mol. The second-order valence-electron chi connectivity index (χ2n) is 18.8. The van der Waals surface area contributed by atoms with Crippen LogP contribution >= 0.6 is 0 Å². The Morgan fingerprint density at radius 1 is 0.437 bits per heavy atom. The number of nitrogens with zero attached hydrogens (tertiary/aromatic N) is 1. The molecule has 0 radical (unpaired) electrons. The van der Waals surface area contributed by atoms with Gasteiger partial charge in [0.15, 0.2) is 12.4 Å². The predicted molar refractivity (Wildman–Crippen MR) is 296 cm³/mol. The monoisotopic (exact) mass is 986 g/mol. The van der Waals surface area contributed by atoms with Gasteiger partial charge >= 0.3 is 11.9 Å². The molecule has 9 nitrogen and oxygen atoms in total. The Kier molecular flexibility index (Phi) is 48.4. The lowest BCUT2D eigenvalue weighted by Crippen LogP contribution is -2.44. The molecule has 0 rings (SSSR count). The molecular formula is C62H99NO8. The summed E-state index contributed by atoms with van der Waals surface area (Å²) in [6.45, 7) is 4.51. The molecule has 0 saturated carbocycles. The molecule has 0 bridgehead atoms. The number of esters is 2. The number of quaternary nitrogens is 1. The largest absolute Gasteiger partial charge is 0.545 e. The number of carbonyl (C=O) groups is 3. The average molecular weight is 986 g/mol. The van der Waals surface area contributed by atoms with Gasteiger partial charge in [0.25, 0.3) is 0 Å². The Labute approximate surface area is 433 Å². The summed E-state index contributed by atoms with van der Waals surface area (Å²) in [6.07, 6.45) is 70.8. The molecule has 0 fully saturated rings. The molecule has 0 aliphatic heterocycles. The van der Waals surface area contributed by atoms with Crippen LogP contribution in [0, 0.1) is 0 Å². The molecule has 71 heavy (non-hydrogen) atoms. The molecule has 0 aromatic heterocycles. The van der Waals surface area contributed by atoms with E-state index in [4.69, 9.17) is 18.9 Å². The summed E-state index contributed by atoms with van der Waals surface area (Å²) < 4.78 is 22.5. The fraction of sp³-hybridized carbons (Fsp3) is 0.597. The van der Waals surface area contributed by atoms with Crippen LogP contribution in [-0.4, -0.2) is 82.3 Å². The molecule has 0 aliphatic carbocycles. The maximum absolute atomic E-state index is 12.8. The molecule has 0 heterocycles. The van der Waals surface area contributed by atoms with Crippen LogP contribution in [0.5, 0.6) is 0 Å². The number of rotatable bonds is 48. The third kappa shape index (κ3) is 53.1. The number of carbonyl (C=O) groups excluding carboxylic acids is 3. The SMILES string of the molecule is CC/C=C\C/C=C\C/C=C\C/C=C\C/C=C\C/C=C\C/C=C\C/C=C\C/C=C\C/C=C\CCCCCCC(=O)OC(COC(=O)CCCCCCC/C=C\CCCC)COC(OCC[N+](C)(C)C)C(=O)[O-]. The predicted octanol–water partition coefficient (Wildman–Crippen LogP) is 14.6. The molecule has 0 N–H and O–H groups in total.